The van der Waals surface area contributed by atoms with Crippen molar-refractivity contribution in [3.8, 4) is 22.5 Å². The van der Waals surface area contributed by atoms with Crippen LogP contribution >= 0.6 is 0 Å². The van der Waals surface area contributed by atoms with Gasteiger partial charge in [0.2, 0.25) is 5.82 Å². The maximum atomic E-state index is 12.7. The Bertz CT molecular complexity index is 1150. The number of quaternary nitrogens is 1. The summed E-state index contributed by atoms with van der Waals surface area (Å²) in [6, 6.07) is 16.1. The van der Waals surface area contributed by atoms with E-state index in [1.165, 1.54) is 0 Å². The minimum atomic E-state index is -0.337. The largest absolute Gasteiger partial charge is 0.462 e. The Morgan fingerprint density at radius 3 is 2.41 bits per heavy atom. The molecule has 32 heavy (non-hydrogen) atoms. The van der Waals surface area contributed by atoms with E-state index >= 15 is 0 Å². The van der Waals surface area contributed by atoms with Crippen molar-refractivity contribution >= 4 is 17.9 Å². The maximum absolute atomic E-state index is 12.7. The molecular weight excluding hydrogens is 404 g/mol. The van der Waals surface area contributed by atoms with E-state index in [-0.39, 0.29) is 5.97 Å². The lowest BCUT2D eigenvalue weighted by Gasteiger charge is -2.27. The number of aromatic amines is 1. The summed E-state index contributed by atoms with van der Waals surface area (Å²) in [5.74, 6) is 0.209. The first kappa shape index (κ1) is 21.6. The molecule has 164 valence electrons. The van der Waals surface area contributed by atoms with Gasteiger partial charge in [0, 0.05) is 11.1 Å². The van der Waals surface area contributed by atoms with E-state index < -0.39 is 0 Å². The van der Waals surface area contributed by atoms with Gasteiger partial charge in [0.15, 0.2) is 5.70 Å². The lowest BCUT2D eigenvalue weighted by atomic mass is 9.97. The van der Waals surface area contributed by atoms with Gasteiger partial charge in [-0.1, -0.05) is 54.8 Å². The summed E-state index contributed by atoms with van der Waals surface area (Å²) < 4.78 is 5.64. The zero-order valence-electron chi connectivity index (χ0n) is 18.6. The van der Waals surface area contributed by atoms with Gasteiger partial charge in [-0.3, -0.25) is 0 Å². The molecule has 1 aliphatic heterocycles. The fourth-order valence-electron chi connectivity index (χ4n) is 4.00. The quantitative estimate of drug-likeness (QED) is 0.429. The lowest BCUT2D eigenvalue weighted by molar-refractivity contribution is -0.844. The Morgan fingerprint density at radius 2 is 1.75 bits per heavy atom. The van der Waals surface area contributed by atoms with Crippen LogP contribution in [0.2, 0.25) is 0 Å². The van der Waals surface area contributed by atoms with Gasteiger partial charge in [-0.25, -0.2) is 4.79 Å². The van der Waals surface area contributed by atoms with Crippen molar-refractivity contribution in [2.24, 2.45) is 5.10 Å². The molecule has 0 aliphatic carbocycles. The number of carbonyl (C=O) groups excluding carboxylic acids is 1. The molecule has 1 aliphatic rings. The van der Waals surface area contributed by atoms with E-state index in [0.29, 0.717) is 22.6 Å². The fourth-order valence-corrected chi connectivity index (χ4v) is 4.00. The molecule has 0 fully saturated rings. The van der Waals surface area contributed by atoms with Crippen LogP contribution in [0.4, 0.5) is 0 Å². The maximum Gasteiger partial charge on any atom is 0.346 e. The van der Waals surface area contributed by atoms with E-state index in [0.717, 1.165) is 47.3 Å². The zero-order valence-corrected chi connectivity index (χ0v) is 18.6. The molecule has 3 aromatic rings. The van der Waals surface area contributed by atoms with E-state index in [9.17, 15) is 4.79 Å². The first-order valence-corrected chi connectivity index (χ1v) is 10.8. The number of aromatic nitrogens is 4. The van der Waals surface area contributed by atoms with Gasteiger partial charge >= 0.3 is 5.97 Å². The van der Waals surface area contributed by atoms with Crippen LogP contribution < -0.4 is 0 Å². The topological polar surface area (TPSA) is 93.1 Å². The van der Waals surface area contributed by atoms with E-state index in [1.807, 2.05) is 62.5 Å². The molecule has 0 amide bonds. The number of rotatable bonds is 8. The minimum Gasteiger partial charge on any atom is -0.462 e. The van der Waals surface area contributed by atoms with Crippen molar-refractivity contribution in [3.63, 3.8) is 0 Å². The van der Waals surface area contributed by atoms with Gasteiger partial charge in [-0.05, 0) is 41.8 Å². The molecule has 8 nitrogen and oxygen atoms in total. The zero-order chi connectivity index (χ0) is 22.6. The second-order valence-electron chi connectivity index (χ2n) is 7.80. The van der Waals surface area contributed by atoms with Crippen LogP contribution in [0.15, 0.2) is 59.2 Å². The van der Waals surface area contributed by atoms with Gasteiger partial charge in [-0.2, -0.15) is 9.81 Å². The molecule has 2 aromatic carbocycles. The van der Waals surface area contributed by atoms with Crippen molar-refractivity contribution in [2.45, 2.75) is 26.7 Å². The summed E-state index contributed by atoms with van der Waals surface area (Å²) >= 11 is 0. The number of unbranched alkanes of at least 4 members (excludes halogenated alkanes) is 1. The molecule has 4 rings (SSSR count). The second kappa shape index (κ2) is 9.23. The monoisotopic (exact) mass is 431 g/mol. The number of hydrogen-bond acceptors (Lipinski definition) is 6. The number of ether oxygens (including phenoxy) is 1. The highest BCUT2D eigenvalue weighted by molar-refractivity contribution is 6.16. The molecule has 8 heteroatoms. The average Bonchev–Trinajstić information content (AvgIpc) is 3.47. The summed E-state index contributed by atoms with van der Waals surface area (Å²) in [4.78, 5) is 12.7. The molecule has 1 aromatic heterocycles. The van der Waals surface area contributed by atoms with Crippen LogP contribution in [0.5, 0.6) is 0 Å². The Labute approximate surface area is 187 Å². The first-order valence-electron chi connectivity index (χ1n) is 10.8. The van der Waals surface area contributed by atoms with Crippen LogP contribution in [-0.2, 0) is 9.53 Å². The summed E-state index contributed by atoms with van der Waals surface area (Å²) in [5.41, 5.74) is 5.26. The van der Waals surface area contributed by atoms with Gasteiger partial charge in [0.05, 0.1) is 13.7 Å². The Kier molecular flexibility index (Phi) is 6.23. The highest BCUT2D eigenvalue weighted by Crippen LogP contribution is 2.36. The van der Waals surface area contributed by atoms with Gasteiger partial charge in [0.25, 0.3) is 0 Å². The van der Waals surface area contributed by atoms with Gasteiger partial charge in [0.1, 0.15) is 18.3 Å². The first-order chi connectivity index (χ1) is 15.6. The number of nitrogens with one attached hydrogen (secondary N) is 1. The number of benzene rings is 2. The third kappa shape index (κ3) is 4.09. The predicted molar refractivity (Wildman–Crippen MR) is 123 cm³/mol. The normalized spacial score (nSPS) is 17.7. The van der Waals surface area contributed by atoms with Gasteiger partial charge in [-0.15, -0.1) is 10.2 Å². The lowest BCUT2D eigenvalue weighted by Crippen LogP contribution is -2.36. The van der Waals surface area contributed by atoms with Crippen molar-refractivity contribution in [2.75, 3.05) is 20.2 Å². The van der Waals surface area contributed by atoms with Crippen LogP contribution in [0.1, 0.15) is 32.3 Å². The summed E-state index contributed by atoms with van der Waals surface area (Å²) in [6.07, 6.45) is 3.71. The number of nitrogens with zero attached hydrogens (tertiary/aromatic N) is 5. The van der Waals surface area contributed by atoms with E-state index in [4.69, 9.17) is 4.74 Å². The SMILES string of the molecule is CCCC[N+]1(C)N=CC(C(=O)OCC)=C1c1ccc(-c2ccccc2-c2nn[nH]n2)cc1. The Balaban J connectivity index is 1.74. The molecule has 0 saturated heterocycles. The molecule has 1 N–H and O–H groups in total. The van der Waals surface area contributed by atoms with Crippen molar-refractivity contribution in [3.05, 3.63) is 59.7 Å². The number of esters is 1. The van der Waals surface area contributed by atoms with Crippen molar-refractivity contribution in [1.82, 2.24) is 20.6 Å². The molecule has 0 spiro atoms. The summed E-state index contributed by atoms with van der Waals surface area (Å²) in [7, 11) is 2.03. The molecule has 0 saturated carbocycles. The van der Waals surface area contributed by atoms with Crippen molar-refractivity contribution < 1.29 is 14.1 Å². The number of H-pyrrole nitrogens is 1. The van der Waals surface area contributed by atoms with E-state index in [1.54, 1.807) is 6.21 Å². The third-order valence-corrected chi connectivity index (χ3v) is 5.60. The Morgan fingerprint density at radius 1 is 1.03 bits per heavy atom. The molecule has 0 radical (unpaired) electrons. The molecule has 0 bridgehead atoms. The van der Waals surface area contributed by atoms with Crippen LogP contribution in [-0.4, -0.2) is 57.6 Å². The number of hydrogen-bond donors (Lipinski definition) is 1. The molecule has 2 heterocycles. The number of tetrazole rings is 1. The van der Waals surface area contributed by atoms with Crippen LogP contribution in [0.3, 0.4) is 0 Å². The predicted octanol–water partition coefficient (Wildman–Crippen LogP) is 4.05. The standard InChI is InChI=1S/C24H26N6O2/c1-4-6-15-30(3)22(21(16-25-30)24(31)32-5-2)18-13-11-17(12-14-18)19-9-7-8-10-20(19)23-26-28-29-27-23/h7-14,16H,4-6,15H2,1-3H3/p+1. The highest BCUT2D eigenvalue weighted by Gasteiger charge is 2.39. The highest BCUT2D eigenvalue weighted by atomic mass is 16.5. The summed E-state index contributed by atoms with van der Waals surface area (Å²) in [6.45, 7) is 5.10. The smallest absolute Gasteiger partial charge is 0.346 e. The fraction of sp³-hybridized carbons (Fsp3) is 0.292. The average molecular weight is 432 g/mol. The molecular formula is C24H27N6O2+. The van der Waals surface area contributed by atoms with Gasteiger partial charge < -0.3 is 4.74 Å². The molecule has 1 unspecified atom stereocenters. The van der Waals surface area contributed by atoms with Crippen molar-refractivity contribution in [1.29, 1.82) is 0 Å². The van der Waals surface area contributed by atoms with Crippen LogP contribution in [0, 0.1) is 0 Å². The number of carbonyl (C=O) groups is 1. The minimum absolute atomic E-state index is 0.327. The summed E-state index contributed by atoms with van der Waals surface area (Å²) in [5, 5.41) is 19.1. The second-order valence-corrected chi connectivity index (χ2v) is 7.80. The Hall–Kier alpha value is -3.65. The third-order valence-electron chi connectivity index (χ3n) is 5.60. The molecule has 1 atom stereocenters. The van der Waals surface area contributed by atoms with Crippen LogP contribution in [0.25, 0.3) is 28.2 Å². The van der Waals surface area contributed by atoms with E-state index in [2.05, 4.69) is 32.6 Å².